The zero-order valence-corrected chi connectivity index (χ0v) is 11.6. The van der Waals surface area contributed by atoms with Gasteiger partial charge in [-0.15, -0.1) is 0 Å². The summed E-state index contributed by atoms with van der Waals surface area (Å²) in [4.78, 5) is 10.1. The maximum atomic E-state index is 10.1. The number of hydrogen-bond donors (Lipinski definition) is 6. The molecule has 0 spiro atoms. The Bertz CT molecular complexity index is 214. The topological polar surface area (TPSA) is 225 Å². The van der Waals surface area contributed by atoms with Gasteiger partial charge in [-0.3, -0.25) is 0 Å². The Labute approximate surface area is 124 Å². The van der Waals surface area contributed by atoms with Gasteiger partial charge >= 0.3 is 29.6 Å². The summed E-state index contributed by atoms with van der Waals surface area (Å²) in [6.45, 7) is -0.896. The Hall–Kier alpha value is 0.150. The van der Waals surface area contributed by atoms with Gasteiger partial charge in [0.15, 0.2) is 0 Å². The number of rotatable bonds is 6. The summed E-state index contributed by atoms with van der Waals surface area (Å²) in [6.07, 6.45) is -10.5. The predicted molar refractivity (Wildman–Crippen MR) is 49.4 cm³/mol. The summed E-state index contributed by atoms with van der Waals surface area (Å²) in [7, 11) is 0. The van der Waals surface area contributed by atoms with Crippen LogP contribution in [0.2, 0.25) is 0 Å². The largest absolute Gasteiger partial charge is 1.00 e. The van der Waals surface area contributed by atoms with E-state index >= 15 is 0 Å². The molecule has 0 saturated carbocycles. The summed E-state index contributed by atoms with van der Waals surface area (Å²) in [6, 6.07) is 0. The number of carbonyl (C=O) groups excluding carboxylic acids is 1. The zero-order chi connectivity index (χ0) is 12.2. The van der Waals surface area contributed by atoms with Crippen LogP contribution in [-0.4, -0.2) is 84.7 Å². The van der Waals surface area contributed by atoms with Crippen LogP contribution in [0, 0.1) is 0 Å². The second kappa shape index (κ2) is 12.2. The summed E-state index contributed by atoms with van der Waals surface area (Å²) in [5.74, 6) is -2.03. The first-order valence-corrected chi connectivity index (χ1v) is 4.05. The number of carbonyl (C=O) groups is 1. The SMILES string of the molecule is O.O.O=C([O-])[C@H](O)[C@H](O)[C@H](O)[C@@H](O)[C@H](O)CO.[Na+]. The molecule has 10 nitrogen and oxygen atoms in total. The van der Waals surface area contributed by atoms with Gasteiger partial charge in [0.25, 0.3) is 0 Å². The minimum Gasteiger partial charge on any atom is -0.547 e. The van der Waals surface area contributed by atoms with Crippen molar-refractivity contribution >= 4 is 5.97 Å². The molecule has 0 aliphatic carbocycles. The molecule has 0 aromatic rings. The first-order valence-electron chi connectivity index (χ1n) is 4.05. The molecule has 5 atom stereocenters. The van der Waals surface area contributed by atoms with Crippen LogP contribution in [0.25, 0.3) is 0 Å². The molecule has 0 heterocycles. The van der Waals surface area contributed by atoms with Gasteiger partial charge in [-0.25, -0.2) is 0 Å². The number of hydrogen-bond acceptors (Lipinski definition) is 8. The summed E-state index contributed by atoms with van der Waals surface area (Å²) in [5.41, 5.74) is 0. The van der Waals surface area contributed by atoms with Crippen molar-refractivity contribution in [3.05, 3.63) is 0 Å². The van der Waals surface area contributed by atoms with Crippen LogP contribution in [0.5, 0.6) is 0 Å². The van der Waals surface area contributed by atoms with Crippen LogP contribution in [0.4, 0.5) is 0 Å². The minimum absolute atomic E-state index is 0. The smallest absolute Gasteiger partial charge is 0.547 e. The minimum atomic E-state index is -2.40. The molecule has 0 aromatic heterocycles. The van der Waals surface area contributed by atoms with Gasteiger partial charge in [0.1, 0.15) is 30.5 Å². The normalized spacial score (nSPS) is 17.9. The molecule has 0 radical (unpaired) electrons. The Morgan fingerprint density at radius 3 is 1.61 bits per heavy atom. The van der Waals surface area contributed by atoms with Crippen molar-refractivity contribution in [2.24, 2.45) is 0 Å². The van der Waals surface area contributed by atoms with E-state index in [-0.39, 0.29) is 40.5 Å². The number of aliphatic hydroxyl groups is 6. The second-order valence-electron chi connectivity index (χ2n) is 2.99. The van der Waals surface area contributed by atoms with Gasteiger partial charge in [0, 0.05) is 0 Å². The molecular formula is C7H17NaO10. The van der Waals surface area contributed by atoms with Crippen molar-refractivity contribution in [1.82, 2.24) is 0 Å². The first-order chi connectivity index (χ1) is 6.82. The number of aliphatic carboxylic acids is 1. The maximum Gasteiger partial charge on any atom is 1.00 e. The fourth-order valence-corrected chi connectivity index (χ4v) is 0.864. The third-order valence-electron chi connectivity index (χ3n) is 1.85. The Morgan fingerprint density at radius 2 is 1.33 bits per heavy atom. The van der Waals surface area contributed by atoms with E-state index in [1.165, 1.54) is 0 Å². The Balaban J connectivity index is -0.000000327. The quantitative estimate of drug-likeness (QED) is 0.256. The maximum absolute atomic E-state index is 10.1. The van der Waals surface area contributed by atoms with Crippen molar-refractivity contribution in [2.45, 2.75) is 30.5 Å². The van der Waals surface area contributed by atoms with Crippen molar-refractivity contribution < 1.29 is 81.0 Å². The predicted octanol–water partition coefficient (Wildman–Crippen LogP) is -10.1. The van der Waals surface area contributed by atoms with E-state index in [2.05, 4.69) is 0 Å². The van der Waals surface area contributed by atoms with Crippen molar-refractivity contribution in [2.75, 3.05) is 6.61 Å². The van der Waals surface area contributed by atoms with Gasteiger partial charge in [0.05, 0.1) is 12.6 Å². The van der Waals surface area contributed by atoms with E-state index in [4.69, 9.17) is 30.6 Å². The van der Waals surface area contributed by atoms with Crippen LogP contribution in [0.1, 0.15) is 0 Å². The summed E-state index contributed by atoms with van der Waals surface area (Å²) < 4.78 is 0. The van der Waals surface area contributed by atoms with Gasteiger partial charge in [-0.2, -0.15) is 0 Å². The van der Waals surface area contributed by atoms with Crippen LogP contribution < -0.4 is 34.7 Å². The van der Waals surface area contributed by atoms with Gasteiger partial charge in [-0.05, 0) is 0 Å². The van der Waals surface area contributed by atoms with Crippen molar-refractivity contribution in [1.29, 1.82) is 0 Å². The molecule has 0 rings (SSSR count). The van der Waals surface area contributed by atoms with Crippen LogP contribution in [0.3, 0.4) is 0 Å². The van der Waals surface area contributed by atoms with Crippen molar-refractivity contribution in [3.8, 4) is 0 Å². The number of carboxylic acid groups (broad SMARTS) is 1. The molecule has 0 aliphatic heterocycles. The fraction of sp³-hybridized carbons (Fsp3) is 0.857. The average Bonchev–Trinajstić information content (AvgIpc) is 2.23. The van der Waals surface area contributed by atoms with E-state index in [0.717, 1.165) is 0 Å². The molecule has 0 bridgehead atoms. The molecule has 0 aliphatic rings. The van der Waals surface area contributed by atoms with E-state index in [9.17, 15) is 9.90 Å². The van der Waals surface area contributed by atoms with Gasteiger partial charge < -0.3 is 51.5 Å². The third kappa shape index (κ3) is 7.56. The summed E-state index contributed by atoms with van der Waals surface area (Å²) >= 11 is 0. The van der Waals surface area contributed by atoms with Gasteiger partial charge in [-0.1, -0.05) is 0 Å². The fourth-order valence-electron chi connectivity index (χ4n) is 0.864. The molecule has 0 aromatic carbocycles. The molecule has 0 saturated heterocycles. The molecular weight excluding hydrogens is 267 g/mol. The molecule has 18 heavy (non-hydrogen) atoms. The zero-order valence-electron chi connectivity index (χ0n) is 9.59. The van der Waals surface area contributed by atoms with E-state index in [1.807, 2.05) is 0 Å². The molecule has 0 amide bonds. The van der Waals surface area contributed by atoms with E-state index in [0.29, 0.717) is 0 Å². The Kier molecular flexibility index (Phi) is 18.1. The molecule has 0 unspecified atom stereocenters. The van der Waals surface area contributed by atoms with Crippen LogP contribution in [0.15, 0.2) is 0 Å². The summed E-state index contributed by atoms with van der Waals surface area (Å²) in [5, 5.41) is 63.2. The van der Waals surface area contributed by atoms with E-state index in [1.54, 1.807) is 0 Å². The third-order valence-corrected chi connectivity index (χ3v) is 1.85. The first kappa shape index (κ1) is 26.7. The molecule has 0 fully saturated rings. The van der Waals surface area contributed by atoms with Gasteiger partial charge in [0.2, 0.25) is 0 Å². The standard InChI is InChI=1S/C7H14O8.Na.2H2O/c8-1-2(9)3(10)4(11)5(12)6(13)7(14)15;;;/h2-6,8-13H,1H2,(H,14,15);;2*1H2/q;+1;;/p-1/t2-,3+,4-,5-,6-;;;/m1.../s1. The second-order valence-corrected chi connectivity index (χ2v) is 2.99. The molecule has 11 heteroatoms. The van der Waals surface area contributed by atoms with Crippen molar-refractivity contribution in [3.63, 3.8) is 0 Å². The van der Waals surface area contributed by atoms with E-state index < -0.39 is 43.1 Å². The van der Waals surface area contributed by atoms with Crippen LogP contribution in [-0.2, 0) is 4.79 Å². The number of aliphatic hydroxyl groups excluding tert-OH is 6. The van der Waals surface area contributed by atoms with Crippen LogP contribution >= 0.6 is 0 Å². The molecule has 10 N–H and O–H groups in total. The molecule has 106 valence electrons. The number of carboxylic acids is 1. The average molecular weight is 284 g/mol. The monoisotopic (exact) mass is 284 g/mol. The Morgan fingerprint density at radius 1 is 0.944 bits per heavy atom.